The SMILES string of the molecule is C=C1C[C@H]2C=Nc3cc(CC)c(OC)cc3C(=O)N2C1. The molecule has 1 aromatic carbocycles. The summed E-state index contributed by atoms with van der Waals surface area (Å²) in [5.74, 6) is 0.772. The number of methoxy groups -OCH3 is 1. The fraction of sp³-hybridized carbons (Fsp3) is 0.375. The van der Waals surface area contributed by atoms with Gasteiger partial charge in [0.1, 0.15) is 5.75 Å². The number of amides is 1. The van der Waals surface area contributed by atoms with Crippen molar-refractivity contribution in [3.8, 4) is 5.75 Å². The molecule has 1 amide bonds. The highest BCUT2D eigenvalue weighted by Gasteiger charge is 2.33. The van der Waals surface area contributed by atoms with Crippen LogP contribution in [0.5, 0.6) is 5.75 Å². The second-order valence-corrected chi connectivity index (χ2v) is 5.27. The molecule has 0 spiro atoms. The summed E-state index contributed by atoms with van der Waals surface area (Å²) < 4.78 is 5.38. The fourth-order valence-corrected chi connectivity index (χ4v) is 2.86. The van der Waals surface area contributed by atoms with Gasteiger partial charge in [-0.05, 0) is 30.5 Å². The minimum Gasteiger partial charge on any atom is -0.496 e. The van der Waals surface area contributed by atoms with E-state index in [4.69, 9.17) is 4.74 Å². The largest absolute Gasteiger partial charge is 0.496 e. The van der Waals surface area contributed by atoms with Gasteiger partial charge in [-0.2, -0.15) is 0 Å². The van der Waals surface area contributed by atoms with Crippen molar-refractivity contribution in [2.24, 2.45) is 4.99 Å². The van der Waals surface area contributed by atoms with E-state index in [2.05, 4.69) is 18.5 Å². The molecular weight excluding hydrogens is 252 g/mol. The van der Waals surface area contributed by atoms with Gasteiger partial charge in [-0.1, -0.05) is 19.1 Å². The molecule has 0 bridgehead atoms. The minimum absolute atomic E-state index is 0.0158. The second-order valence-electron chi connectivity index (χ2n) is 5.27. The lowest BCUT2D eigenvalue weighted by molar-refractivity contribution is 0.0777. The average molecular weight is 270 g/mol. The van der Waals surface area contributed by atoms with E-state index in [1.807, 2.05) is 23.2 Å². The molecule has 0 aromatic heterocycles. The summed E-state index contributed by atoms with van der Waals surface area (Å²) in [6.07, 6.45) is 3.53. The zero-order chi connectivity index (χ0) is 14.3. The molecule has 20 heavy (non-hydrogen) atoms. The zero-order valence-electron chi connectivity index (χ0n) is 11.8. The van der Waals surface area contributed by atoms with E-state index in [9.17, 15) is 4.79 Å². The predicted molar refractivity (Wildman–Crippen MR) is 79.1 cm³/mol. The van der Waals surface area contributed by atoms with Crippen LogP contribution in [0.1, 0.15) is 29.3 Å². The Balaban J connectivity index is 2.11. The van der Waals surface area contributed by atoms with Gasteiger partial charge >= 0.3 is 0 Å². The number of aliphatic imine (C=N–C) groups is 1. The lowest BCUT2D eigenvalue weighted by Gasteiger charge is -2.20. The predicted octanol–water partition coefficient (Wildman–Crippen LogP) is 2.74. The summed E-state index contributed by atoms with van der Waals surface area (Å²) in [4.78, 5) is 19.0. The third kappa shape index (κ3) is 1.92. The Hall–Kier alpha value is -2.10. The number of carbonyl (C=O) groups is 1. The lowest BCUT2D eigenvalue weighted by Crippen LogP contribution is -2.35. The van der Waals surface area contributed by atoms with E-state index in [1.165, 1.54) is 0 Å². The van der Waals surface area contributed by atoms with Crippen molar-refractivity contribution < 1.29 is 9.53 Å². The number of aryl methyl sites for hydroxylation is 1. The summed E-state index contributed by atoms with van der Waals surface area (Å²) in [6, 6.07) is 3.81. The lowest BCUT2D eigenvalue weighted by atomic mass is 10.0. The molecule has 3 rings (SSSR count). The number of benzene rings is 1. The number of ether oxygens (including phenoxy) is 1. The van der Waals surface area contributed by atoms with Gasteiger partial charge in [0.25, 0.3) is 5.91 Å². The molecule has 4 nitrogen and oxygen atoms in total. The first kappa shape index (κ1) is 12.9. The van der Waals surface area contributed by atoms with E-state index < -0.39 is 0 Å². The molecule has 2 aliphatic heterocycles. The van der Waals surface area contributed by atoms with Crippen LogP contribution in [0.25, 0.3) is 0 Å². The summed E-state index contributed by atoms with van der Waals surface area (Å²) in [6.45, 7) is 6.66. The maximum Gasteiger partial charge on any atom is 0.257 e. The second kappa shape index (κ2) is 4.78. The first-order valence-electron chi connectivity index (χ1n) is 6.86. The van der Waals surface area contributed by atoms with Crippen LogP contribution >= 0.6 is 0 Å². The highest BCUT2D eigenvalue weighted by molar-refractivity contribution is 6.03. The molecule has 0 unspecified atom stereocenters. The summed E-state index contributed by atoms with van der Waals surface area (Å²) in [5.41, 5.74) is 3.51. The standard InChI is InChI=1S/C16H18N2O2/c1-4-11-6-14-13(7-15(11)20-3)16(19)18-9-10(2)5-12(18)8-17-14/h6-8,12H,2,4-5,9H2,1,3H3/t12-/m0/s1. The molecule has 104 valence electrons. The van der Waals surface area contributed by atoms with E-state index in [1.54, 1.807) is 7.11 Å². The molecule has 2 aliphatic rings. The normalized spacial score (nSPS) is 20.7. The Morgan fingerprint density at radius 1 is 1.50 bits per heavy atom. The van der Waals surface area contributed by atoms with Crippen molar-refractivity contribution in [3.05, 3.63) is 35.4 Å². The third-order valence-corrected chi connectivity index (χ3v) is 3.95. The number of hydrogen-bond donors (Lipinski definition) is 0. The third-order valence-electron chi connectivity index (χ3n) is 3.95. The Bertz CT molecular complexity index is 619. The van der Waals surface area contributed by atoms with Crippen molar-refractivity contribution >= 4 is 17.8 Å². The van der Waals surface area contributed by atoms with Gasteiger partial charge in [0.2, 0.25) is 0 Å². The number of fused-ring (bicyclic) bond motifs is 2. The molecule has 1 saturated heterocycles. The summed E-state index contributed by atoms with van der Waals surface area (Å²) in [5, 5.41) is 0. The molecule has 0 N–H and O–H groups in total. The van der Waals surface area contributed by atoms with Crippen molar-refractivity contribution in [3.63, 3.8) is 0 Å². The van der Waals surface area contributed by atoms with Crippen molar-refractivity contribution in [2.45, 2.75) is 25.8 Å². The highest BCUT2D eigenvalue weighted by Crippen LogP contribution is 2.34. The van der Waals surface area contributed by atoms with Crippen LogP contribution in [0.2, 0.25) is 0 Å². The molecule has 0 aliphatic carbocycles. The summed E-state index contributed by atoms with van der Waals surface area (Å²) in [7, 11) is 1.63. The average Bonchev–Trinajstić information content (AvgIpc) is 2.79. The van der Waals surface area contributed by atoms with Crippen molar-refractivity contribution in [1.29, 1.82) is 0 Å². The van der Waals surface area contributed by atoms with Gasteiger partial charge in [0, 0.05) is 12.8 Å². The quantitative estimate of drug-likeness (QED) is 0.775. The van der Waals surface area contributed by atoms with Crippen LogP contribution in [0.4, 0.5) is 5.69 Å². The first-order valence-corrected chi connectivity index (χ1v) is 6.86. The molecule has 1 fully saturated rings. The highest BCUT2D eigenvalue weighted by atomic mass is 16.5. The monoisotopic (exact) mass is 270 g/mol. The van der Waals surface area contributed by atoms with E-state index >= 15 is 0 Å². The first-order chi connectivity index (χ1) is 9.63. The van der Waals surface area contributed by atoms with Gasteiger partial charge in [-0.15, -0.1) is 0 Å². The van der Waals surface area contributed by atoms with Crippen LogP contribution in [-0.4, -0.2) is 36.7 Å². The van der Waals surface area contributed by atoms with Gasteiger partial charge in [0.05, 0.1) is 24.4 Å². The molecular formula is C16H18N2O2. The van der Waals surface area contributed by atoms with Crippen LogP contribution in [-0.2, 0) is 6.42 Å². The van der Waals surface area contributed by atoms with E-state index in [0.29, 0.717) is 12.1 Å². The van der Waals surface area contributed by atoms with Gasteiger partial charge < -0.3 is 9.64 Å². The number of carbonyl (C=O) groups excluding carboxylic acids is 1. The van der Waals surface area contributed by atoms with Crippen molar-refractivity contribution in [1.82, 2.24) is 4.90 Å². The molecule has 0 radical (unpaired) electrons. The Kier molecular flexibility index (Phi) is 3.08. The van der Waals surface area contributed by atoms with Crippen LogP contribution < -0.4 is 4.74 Å². The van der Waals surface area contributed by atoms with Crippen LogP contribution in [0.3, 0.4) is 0 Å². The minimum atomic E-state index is 0.0158. The van der Waals surface area contributed by atoms with Crippen molar-refractivity contribution in [2.75, 3.05) is 13.7 Å². The molecule has 0 saturated carbocycles. The van der Waals surface area contributed by atoms with Gasteiger partial charge in [-0.25, -0.2) is 0 Å². The maximum atomic E-state index is 12.7. The van der Waals surface area contributed by atoms with Crippen LogP contribution in [0.15, 0.2) is 29.3 Å². The number of rotatable bonds is 2. The number of hydrogen-bond acceptors (Lipinski definition) is 3. The zero-order valence-corrected chi connectivity index (χ0v) is 11.8. The van der Waals surface area contributed by atoms with E-state index in [-0.39, 0.29) is 11.9 Å². The Labute approximate surface area is 118 Å². The Morgan fingerprint density at radius 3 is 3.00 bits per heavy atom. The number of nitrogens with zero attached hydrogens (tertiary/aromatic N) is 2. The van der Waals surface area contributed by atoms with Gasteiger partial charge in [0.15, 0.2) is 0 Å². The van der Waals surface area contributed by atoms with Crippen LogP contribution in [0, 0.1) is 0 Å². The maximum absolute atomic E-state index is 12.7. The van der Waals surface area contributed by atoms with E-state index in [0.717, 1.165) is 35.4 Å². The van der Waals surface area contributed by atoms with Gasteiger partial charge in [-0.3, -0.25) is 9.79 Å². The Morgan fingerprint density at radius 2 is 2.30 bits per heavy atom. The fourth-order valence-electron chi connectivity index (χ4n) is 2.86. The molecule has 4 heteroatoms. The topological polar surface area (TPSA) is 41.9 Å². The molecule has 1 atom stereocenters. The smallest absolute Gasteiger partial charge is 0.257 e. The summed E-state index contributed by atoms with van der Waals surface area (Å²) >= 11 is 0. The molecule has 1 aromatic rings. The molecule has 2 heterocycles.